The number of benzene rings is 4. The van der Waals surface area contributed by atoms with Crippen molar-refractivity contribution in [3.63, 3.8) is 0 Å². The van der Waals surface area contributed by atoms with Gasteiger partial charge < -0.3 is 24.1 Å². The smallest absolute Gasteiger partial charge is 0.122 e. The summed E-state index contributed by atoms with van der Waals surface area (Å²) in [5.74, 6) is 2.93. The molecule has 266 valence electrons. The van der Waals surface area contributed by atoms with Crippen molar-refractivity contribution in [1.82, 2.24) is 0 Å². The second-order valence-corrected chi connectivity index (χ2v) is 12.2. The molecule has 0 aliphatic carbocycles. The van der Waals surface area contributed by atoms with E-state index in [4.69, 9.17) is 18.9 Å². The van der Waals surface area contributed by atoms with E-state index >= 15 is 0 Å². The van der Waals surface area contributed by atoms with E-state index in [1.54, 1.807) is 24.3 Å². The standard InChI is InChI=1S/C41H52N4O5/c1-3-5-7-9-11-29-47-38-21-13-33(14-22-38)42-44-35-17-25-40(26-18-35)49-31-37(46)32-50-41-27-19-36(20-28-41)45-43-34-15-23-39(24-16-34)48-30-12-10-8-6-4-2/h13-28,37,46H,3-12,29-32H2,1-2H3. The van der Waals surface area contributed by atoms with Gasteiger partial charge in [-0.05, 0) is 110 Å². The summed E-state index contributed by atoms with van der Waals surface area (Å²) >= 11 is 0. The fraction of sp³-hybridized carbons (Fsp3) is 0.415. The number of aliphatic hydroxyl groups excluding tert-OH is 1. The summed E-state index contributed by atoms with van der Waals surface area (Å²) in [5, 5.41) is 27.6. The lowest BCUT2D eigenvalue weighted by atomic mass is 10.2. The number of nitrogens with zero attached hydrogens (tertiary/aromatic N) is 4. The van der Waals surface area contributed by atoms with Crippen molar-refractivity contribution < 1.29 is 24.1 Å². The van der Waals surface area contributed by atoms with Crippen LogP contribution in [0.25, 0.3) is 0 Å². The molecule has 0 unspecified atom stereocenters. The SMILES string of the molecule is CCCCCCCOc1ccc(N=Nc2ccc(OCC(O)COc3ccc(N=Nc4ccc(OCCCCCCC)cc4)cc3)cc2)cc1. The number of hydrogen-bond acceptors (Lipinski definition) is 9. The second-order valence-electron chi connectivity index (χ2n) is 12.2. The number of hydrogen-bond donors (Lipinski definition) is 1. The molecular weight excluding hydrogens is 628 g/mol. The minimum atomic E-state index is -0.810. The van der Waals surface area contributed by atoms with Crippen molar-refractivity contribution in [3.8, 4) is 23.0 Å². The second kappa shape index (κ2) is 22.8. The first kappa shape index (κ1) is 38.0. The fourth-order valence-corrected chi connectivity index (χ4v) is 4.89. The van der Waals surface area contributed by atoms with Crippen LogP contribution >= 0.6 is 0 Å². The van der Waals surface area contributed by atoms with Gasteiger partial charge in [0, 0.05) is 0 Å². The van der Waals surface area contributed by atoms with Crippen LogP contribution in [0.4, 0.5) is 22.7 Å². The first-order chi connectivity index (χ1) is 24.6. The molecule has 0 aliphatic rings. The van der Waals surface area contributed by atoms with Crippen molar-refractivity contribution in [2.45, 2.75) is 84.2 Å². The highest BCUT2D eigenvalue weighted by Gasteiger charge is 2.07. The largest absolute Gasteiger partial charge is 0.494 e. The Balaban J connectivity index is 1.10. The Hall–Kier alpha value is -4.76. The van der Waals surface area contributed by atoms with Gasteiger partial charge in [0.2, 0.25) is 0 Å². The van der Waals surface area contributed by atoms with E-state index in [1.165, 1.54) is 51.4 Å². The Kier molecular flexibility index (Phi) is 17.3. The first-order valence-corrected chi connectivity index (χ1v) is 18.0. The van der Waals surface area contributed by atoms with Crippen molar-refractivity contribution in [3.05, 3.63) is 97.1 Å². The van der Waals surface area contributed by atoms with Crippen molar-refractivity contribution in [2.75, 3.05) is 26.4 Å². The van der Waals surface area contributed by atoms with Crippen LogP contribution in [0.3, 0.4) is 0 Å². The van der Waals surface area contributed by atoms with Gasteiger partial charge in [0.15, 0.2) is 0 Å². The molecule has 0 spiro atoms. The number of unbranched alkanes of at least 4 members (excludes halogenated alkanes) is 8. The minimum Gasteiger partial charge on any atom is -0.494 e. The topological polar surface area (TPSA) is 107 Å². The van der Waals surface area contributed by atoms with Crippen LogP contribution in [-0.4, -0.2) is 37.6 Å². The molecule has 0 saturated carbocycles. The van der Waals surface area contributed by atoms with Gasteiger partial charge in [0.1, 0.15) is 42.3 Å². The van der Waals surface area contributed by atoms with Crippen LogP contribution in [0.2, 0.25) is 0 Å². The molecule has 4 rings (SSSR count). The van der Waals surface area contributed by atoms with Crippen LogP contribution in [0.1, 0.15) is 78.1 Å². The highest BCUT2D eigenvalue weighted by atomic mass is 16.5. The molecule has 0 fully saturated rings. The summed E-state index contributed by atoms with van der Waals surface area (Å²) in [5.41, 5.74) is 2.89. The lowest BCUT2D eigenvalue weighted by Crippen LogP contribution is -2.25. The van der Waals surface area contributed by atoms with Gasteiger partial charge in [0.25, 0.3) is 0 Å². The molecule has 9 heteroatoms. The molecule has 0 bridgehead atoms. The Morgan fingerprint density at radius 2 is 0.680 bits per heavy atom. The summed E-state index contributed by atoms with van der Waals surface area (Å²) in [7, 11) is 0. The van der Waals surface area contributed by atoms with Crippen LogP contribution in [0, 0.1) is 0 Å². The van der Waals surface area contributed by atoms with E-state index in [2.05, 4.69) is 34.3 Å². The summed E-state index contributed by atoms with van der Waals surface area (Å²) < 4.78 is 23.1. The van der Waals surface area contributed by atoms with E-state index in [9.17, 15) is 5.11 Å². The molecule has 0 heterocycles. The molecule has 4 aromatic rings. The number of ether oxygens (including phenoxy) is 4. The van der Waals surface area contributed by atoms with Gasteiger partial charge in [-0.2, -0.15) is 20.5 Å². The number of aliphatic hydroxyl groups is 1. The molecule has 0 amide bonds. The predicted octanol–water partition coefficient (Wildman–Crippen LogP) is 12.0. The predicted molar refractivity (Wildman–Crippen MR) is 200 cm³/mol. The van der Waals surface area contributed by atoms with E-state index in [0.29, 0.717) is 22.9 Å². The van der Waals surface area contributed by atoms with Crippen LogP contribution in [0.5, 0.6) is 23.0 Å². The monoisotopic (exact) mass is 680 g/mol. The normalized spacial score (nSPS) is 12.0. The molecule has 0 aliphatic heterocycles. The molecular formula is C41H52N4O5. The maximum absolute atomic E-state index is 10.4. The maximum Gasteiger partial charge on any atom is 0.122 e. The van der Waals surface area contributed by atoms with E-state index in [-0.39, 0.29) is 13.2 Å². The van der Waals surface area contributed by atoms with Crippen LogP contribution < -0.4 is 18.9 Å². The fourth-order valence-electron chi connectivity index (χ4n) is 4.89. The highest BCUT2D eigenvalue weighted by Crippen LogP contribution is 2.25. The third-order valence-corrected chi connectivity index (χ3v) is 7.83. The van der Waals surface area contributed by atoms with E-state index < -0.39 is 6.10 Å². The Labute approximate surface area is 297 Å². The first-order valence-electron chi connectivity index (χ1n) is 18.0. The average molecular weight is 681 g/mol. The molecule has 1 N–H and O–H groups in total. The number of rotatable bonds is 24. The molecule has 0 radical (unpaired) electrons. The summed E-state index contributed by atoms with van der Waals surface area (Å²) in [6.07, 6.45) is 11.3. The lowest BCUT2D eigenvalue weighted by molar-refractivity contribution is 0.0626. The zero-order chi connectivity index (χ0) is 35.1. The third kappa shape index (κ3) is 15.2. The Morgan fingerprint density at radius 1 is 0.400 bits per heavy atom. The van der Waals surface area contributed by atoms with E-state index in [0.717, 1.165) is 48.9 Å². The third-order valence-electron chi connectivity index (χ3n) is 7.83. The maximum atomic E-state index is 10.4. The highest BCUT2D eigenvalue weighted by molar-refractivity contribution is 5.45. The molecule has 0 aromatic heterocycles. The van der Waals surface area contributed by atoms with Crippen molar-refractivity contribution in [2.24, 2.45) is 20.5 Å². The average Bonchev–Trinajstić information content (AvgIpc) is 3.16. The van der Waals surface area contributed by atoms with Crippen LogP contribution in [0.15, 0.2) is 118 Å². The molecule has 50 heavy (non-hydrogen) atoms. The van der Waals surface area contributed by atoms with Gasteiger partial charge in [-0.1, -0.05) is 65.2 Å². The summed E-state index contributed by atoms with van der Waals surface area (Å²) in [6, 6.07) is 29.7. The van der Waals surface area contributed by atoms with Crippen LogP contribution in [-0.2, 0) is 0 Å². The quantitative estimate of drug-likeness (QED) is 0.0585. The van der Waals surface area contributed by atoms with Crippen molar-refractivity contribution >= 4 is 22.7 Å². The zero-order valence-electron chi connectivity index (χ0n) is 29.6. The van der Waals surface area contributed by atoms with Gasteiger partial charge in [-0.25, -0.2) is 0 Å². The summed E-state index contributed by atoms with van der Waals surface area (Å²) in [6.45, 7) is 6.08. The lowest BCUT2D eigenvalue weighted by Gasteiger charge is -2.13. The molecule has 0 atom stereocenters. The van der Waals surface area contributed by atoms with Gasteiger partial charge >= 0.3 is 0 Å². The summed E-state index contributed by atoms with van der Waals surface area (Å²) in [4.78, 5) is 0. The Bertz CT molecular complexity index is 1410. The zero-order valence-corrected chi connectivity index (χ0v) is 29.6. The van der Waals surface area contributed by atoms with E-state index in [1.807, 2.05) is 72.8 Å². The van der Waals surface area contributed by atoms with Gasteiger partial charge in [-0.3, -0.25) is 0 Å². The van der Waals surface area contributed by atoms with Crippen molar-refractivity contribution in [1.29, 1.82) is 0 Å². The number of azo groups is 2. The molecule has 4 aromatic carbocycles. The van der Waals surface area contributed by atoms with Gasteiger partial charge in [-0.15, -0.1) is 0 Å². The Morgan fingerprint density at radius 3 is 0.980 bits per heavy atom. The minimum absolute atomic E-state index is 0.0864. The molecule has 9 nitrogen and oxygen atoms in total. The molecule has 0 saturated heterocycles. The van der Waals surface area contributed by atoms with Gasteiger partial charge in [0.05, 0.1) is 36.0 Å².